The van der Waals surface area contributed by atoms with Crippen LogP contribution in [0.2, 0.25) is 0 Å². The van der Waals surface area contributed by atoms with E-state index in [0.717, 1.165) is 16.9 Å². The summed E-state index contributed by atoms with van der Waals surface area (Å²) in [5.41, 5.74) is 1.60. The molecule has 0 spiro atoms. The van der Waals surface area contributed by atoms with Gasteiger partial charge in [-0.2, -0.15) is 0 Å². The summed E-state index contributed by atoms with van der Waals surface area (Å²) >= 11 is 1.05. The van der Waals surface area contributed by atoms with Crippen LogP contribution < -0.4 is 4.87 Å². The molecule has 8 heteroatoms. The highest BCUT2D eigenvalue weighted by atomic mass is 32.1. The maximum Gasteiger partial charge on any atom is 0.310 e. The molecule has 2 heterocycles. The Morgan fingerprint density at radius 2 is 2.04 bits per heavy atom. The lowest BCUT2D eigenvalue weighted by Crippen LogP contribution is -2.28. The number of rotatable bonds is 6. The first-order chi connectivity index (χ1) is 11.1. The van der Waals surface area contributed by atoms with E-state index < -0.39 is 11.9 Å². The van der Waals surface area contributed by atoms with E-state index >= 15 is 0 Å². The summed E-state index contributed by atoms with van der Waals surface area (Å²) in [6.45, 7) is 0.260. The van der Waals surface area contributed by atoms with Crippen molar-refractivity contribution in [2.45, 2.75) is 13.1 Å². The quantitative estimate of drug-likeness (QED) is 0.741. The van der Waals surface area contributed by atoms with Crippen LogP contribution in [0.1, 0.15) is 0 Å². The number of nitrogens with zero attached hydrogens (tertiary/aromatic N) is 4. The van der Waals surface area contributed by atoms with Gasteiger partial charge in [-0.25, -0.2) is 0 Å². The molecule has 0 saturated heterocycles. The Labute approximate surface area is 135 Å². The van der Waals surface area contributed by atoms with Crippen LogP contribution in [0, 0.1) is 5.92 Å². The zero-order valence-corrected chi connectivity index (χ0v) is 12.9. The van der Waals surface area contributed by atoms with Gasteiger partial charge in [0, 0.05) is 23.7 Å². The first-order valence-corrected chi connectivity index (χ1v) is 7.84. The van der Waals surface area contributed by atoms with Crippen molar-refractivity contribution in [2.75, 3.05) is 0 Å². The van der Waals surface area contributed by atoms with Gasteiger partial charge in [0.25, 0.3) is 0 Å². The molecule has 0 aliphatic rings. The van der Waals surface area contributed by atoms with Gasteiger partial charge >= 0.3 is 10.8 Å². The van der Waals surface area contributed by atoms with Crippen LogP contribution in [-0.2, 0) is 17.9 Å². The molecule has 23 heavy (non-hydrogen) atoms. The number of hydrogen-bond acceptors (Lipinski definition) is 5. The number of benzene rings is 1. The lowest BCUT2D eigenvalue weighted by Gasteiger charge is -2.12. The Kier molecular flexibility index (Phi) is 4.33. The number of aromatic nitrogens is 4. The van der Waals surface area contributed by atoms with Crippen molar-refractivity contribution in [3.8, 4) is 11.3 Å². The average Bonchev–Trinajstić information content (AvgIpc) is 3.17. The SMILES string of the molecule is O=C(O)C(Cn1cc(-c2ccccc2)nn1)Cn1ccsc1=O. The first-order valence-electron chi connectivity index (χ1n) is 6.96. The van der Waals surface area contributed by atoms with Gasteiger partial charge in [-0.15, -0.1) is 5.10 Å². The summed E-state index contributed by atoms with van der Waals surface area (Å²) in [4.78, 5) is 22.9. The van der Waals surface area contributed by atoms with E-state index in [4.69, 9.17) is 0 Å². The number of hydrogen-bond donors (Lipinski definition) is 1. The molecule has 118 valence electrons. The summed E-state index contributed by atoms with van der Waals surface area (Å²) in [7, 11) is 0. The number of carboxylic acids is 1. The van der Waals surface area contributed by atoms with Gasteiger partial charge in [0.1, 0.15) is 5.69 Å². The maximum absolute atomic E-state index is 11.6. The van der Waals surface area contributed by atoms with E-state index in [9.17, 15) is 14.7 Å². The van der Waals surface area contributed by atoms with Crippen molar-refractivity contribution in [1.82, 2.24) is 19.6 Å². The van der Waals surface area contributed by atoms with E-state index in [1.54, 1.807) is 17.8 Å². The highest BCUT2D eigenvalue weighted by Gasteiger charge is 2.20. The third kappa shape index (κ3) is 3.54. The summed E-state index contributed by atoms with van der Waals surface area (Å²) < 4.78 is 2.90. The Morgan fingerprint density at radius 1 is 1.26 bits per heavy atom. The normalized spacial score (nSPS) is 12.2. The second-order valence-corrected chi connectivity index (χ2v) is 5.91. The molecule has 0 amide bonds. The van der Waals surface area contributed by atoms with E-state index in [1.165, 1.54) is 9.25 Å². The van der Waals surface area contributed by atoms with Gasteiger partial charge in [-0.1, -0.05) is 46.9 Å². The molecular formula is C15H14N4O3S. The van der Waals surface area contributed by atoms with Crippen molar-refractivity contribution in [3.63, 3.8) is 0 Å². The molecule has 1 aromatic carbocycles. The fourth-order valence-corrected chi connectivity index (χ4v) is 2.83. The molecule has 1 unspecified atom stereocenters. The average molecular weight is 330 g/mol. The predicted octanol–water partition coefficient (Wildman–Crippen LogP) is 1.57. The van der Waals surface area contributed by atoms with Crippen molar-refractivity contribution < 1.29 is 9.90 Å². The van der Waals surface area contributed by atoms with Gasteiger partial charge < -0.3 is 9.67 Å². The van der Waals surface area contributed by atoms with E-state index in [-0.39, 0.29) is 18.0 Å². The summed E-state index contributed by atoms with van der Waals surface area (Å²) in [5, 5.41) is 19.1. The van der Waals surface area contributed by atoms with Gasteiger partial charge in [0.05, 0.1) is 18.7 Å². The Morgan fingerprint density at radius 3 is 2.70 bits per heavy atom. The lowest BCUT2D eigenvalue weighted by molar-refractivity contribution is -0.142. The van der Waals surface area contributed by atoms with Gasteiger partial charge in [0.2, 0.25) is 0 Å². The number of carboxylic acid groups (broad SMARTS) is 1. The molecular weight excluding hydrogens is 316 g/mol. The zero-order chi connectivity index (χ0) is 16.2. The highest BCUT2D eigenvalue weighted by Crippen LogP contribution is 2.15. The Hall–Kier alpha value is -2.74. The second-order valence-electron chi connectivity index (χ2n) is 5.05. The molecule has 0 fully saturated rings. The molecule has 0 bridgehead atoms. The molecule has 3 rings (SSSR count). The minimum Gasteiger partial charge on any atom is -0.481 e. The molecule has 0 aliphatic heterocycles. The zero-order valence-electron chi connectivity index (χ0n) is 12.1. The minimum absolute atomic E-state index is 0.109. The van der Waals surface area contributed by atoms with Crippen LogP contribution in [0.3, 0.4) is 0 Å². The smallest absolute Gasteiger partial charge is 0.310 e. The van der Waals surface area contributed by atoms with Crippen LogP contribution in [0.25, 0.3) is 11.3 Å². The molecule has 0 saturated carbocycles. The van der Waals surface area contributed by atoms with Gasteiger partial charge in [0.15, 0.2) is 0 Å². The lowest BCUT2D eigenvalue weighted by atomic mass is 10.1. The molecule has 1 N–H and O–H groups in total. The van der Waals surface area contributed by atoms with Gasteiger partial charge in [-0.3, -0.25) is 14.3 Å². The second kappa shape index (κ2) is 6.57. The van der Waals surface area contributed by atoms with Gasteiger partial charge in [-0.05, 0) is 0 Å². The monoisotopic (exact) mass is 330 g/mol. The third-order valence-corrected chi connectivity index (χ3v) is 4.12. The number of carbonyl (C=O) groups is 1. The van der Waals surface area contributed by atoms with E-state index in [2.05, 4.69) is 10.3 Å². The predicted molar refractivity (Wildman–Crippen MR) is 85.2 cm³/mol. The Bertz CT molecular complexity index is 853. The van der Waals surface area contributed by atoms with Crippen molar-refractivity contribution in [2.24, 2.45) is 5.92 Å². The number of thiazole rings is 1. The van der Waals surface area contributed by atoms with E-state index in [0.29, 0.717) is 5.69 Å². The molecule has 0 aliphatic carbocycles. The van der Waals surface area contributed by atoms with Crippen LogP contribution >= 0.6 is 11.3 Å². The van der Waals surface area contributed by atoms with Crippen molar-refractivity contribution >= 4 is 17.3 Å². The molecule has 7 nitrogen and oxygen atoms in total. The third-order valence-electron chi connectivity index (χ3n) is 3.43. The van der Waals surface area contributed by atoms with Crippen LogP contribution in [0.5, 0.6) is 0 Å². The fraction of sp³-hybridized carbons (Fsp3) is 0.200. The van der Waals surface area contributed by atoms with Crippen LogP contribution in [0.15, 0.2) is 52.9 Å². The molecule has 0 radical (unpaired) electrons. The topological polar surface area (TPSA) is 90.0 Å². The molecule has 3 aromatic rings. The standard InChI is InChI=1S/C15H14N4O3S/c20-14(21)12(8-18-6-7-23-15(18)22)9-19-10-13(16-17-19)11-4-2-1-3-5-11/h1-7,10,12H,8-9H2,(H,20,21). The minimum atomic E-state index is -0.972. The largest absolute Gasteiger partial charge is 0.481 e. The van der Waals surface area contributed by atoms with Crippen LogP contribution in [0.4, 0.5) is 0 Å². The molecule has 1 atom stereocenters. The fourth-order valence-electron chi connectivity index (χ4n) is 2.23. The highest BCUT2D eigenvalue weighted by molar-refractivity contribution is 7.07. The van der Waals surface area contributed by atoms with Crippen molar-refractivity contribution in [3.05, 3.63) is 57.8 Å². The Balaban J connectivity index is 1.76. The number of aliphatic carboxylic acids is 1. The first kappa shape index (κ1) is 15.2. The summed E-state index contributed by atoms with van der Waals surface area (Å²) in [5.74, 6) is -1.73. The summed E-state index contributed by atoms with van der Waals surface area (Å²) in [6, 6.07) is 9.53. The van der Waals surface area contributed by atoms with E-state index in [1.807, 2.05) is 30.3 Å². The summed E-state index contributed by atoms with van der Waals surface area (Å²) in [6.07, 6.45) is 3.31. The van der Waals surface area contributed by atoms with Crippen molar-refractivity contribution in [1.29, 1.82) is 0 Å². The van der Waals surface area contributed by atoms with Crippen LogP contribution in [-0.4, -0.2) is 30.6 Å². The maximum atomic E-state index is 11.6. The molecule has 2 aromatic heterocycles.